The summed E-state index contributed by atoms with van der Waals surface area (Å²) in [5.41, 5.74) is 8.45. The van der Waals surface area contributed by atoms with Crippen LogP contribution in [-0.2, 0) is 6.42 Å². The van der Waals surface area contributed by atoms with Crippen molar-refractivity contribution in [3.05, 3.63) is 64.7 Å². The molecule has 1 aliphatic rings. The highest BCUT2D eigenvalue weighted by Crippen LogP contribution is 2.31. The van der Waals surface area contributed by atoms with Gasteiger partial charge in [-0.25, -0.2) is 0 Å². The minimum absolute atomic E-state index is 0.162. The molecule has 126 valence electrons. The predicted octanol–water partition coefficient (Wildman–Crippen LogP) is 3.70. The van der Waals surface area contributed by atoms with Crippen LogP contribution in [0.4, 0.5) is 0 Å². The van der Waals surface area contributed by atoms with E-state index in [4.69, 9.17) is 22.1 Å². The summed E-state index contributed by atoms with van der Waals surface area (Å²) in [4.78, 5) is 4.44. The number of benzene rings is 2. The van der Waals surface area contributed by atoms with E-state index in [2.05, 4.69) is 16.4 Å². The van der Waals surface area contributed by atoms with Gasteiger partial charge in [-0.05, 0) is 36.6 Å². The van der Waals surface area contributed by atoms with Crippen LogP contribution in [0.3, 0.4) is 0 Å². The van der Waals surface area contributed by atoms with E-state index in [0.29, 0.717) is 19.1 Å². The minimum Gasteiger partial charge on any atom is -0.493 e. The molecule has 1 atom stereocenters. The van der Waals surface area contributed by atoms with Gasteiger partial charge in [0.15, 0.2) is 5.96 Å². The Morgan fingerprint density at radius 3 is 2.83 bits per heavy atom. The Labute approximate surface area is 147 Å². The van der Waals surface area contributed by atoms with Gasteiger partial charge >= 0.3 is 0 Å². The molecule has 0 spiro atoms. The van der Waals surface area contributed by atoms with Gasteiger partial charge in [-0.15, -0.1) is 0 Å². The third-order valence-electron chi connectivity index (χ3n) is 4.10. The van der Waals surface area contributed by atoms with Crippen molar-refractivity contribution in [2.75, 3.05) is 13.2 Å². The number of ether oxygens (including phenoxy) is 1. The monoisotopic (exact) mass is 343 g/mol. The fraction of sp³-hybridized carbons (Fsp3) is 0.316. The number of fused-ring (bicyclic) bond motifs is 1. The quantitative estimate of drug-likeness (QED) is 0.494. The minimum atomic E-state index is 0.162. The molecular formula is C19H22ClN3O. The van der Waals surface area contributed by atoms with Gasteiger partial charge in [0.2, 0.25) is 0 Å². The van der Waals surface area contributed by atoms with Gasteiger partial charge in [-0.1, -0.05) is 41.9 Å². The lowest BCUT2D eigenvalue weighted by Crippen LogP contribution is -2.37. The van der Waals surface area contributed by atoms with Crippen molar-refractivity contribution in [2.45, 2.75) is 25.3 Å². The second-order valence-electron chi connectivity index (χ2n) is 5.87. The lowest BCUT2D eigenvalue weighted by molar-refractivity contribution is 0.262. The first-order valence-electron chi connectivity index (χ1n) is 8.25. The topological polar surface area (TPSA) is 59.6 Å². The standard InChI is InChI=1S/C19H22ClN3O/c20-15-9-7-14(8-10-15)4-3-12-22-19(21)23-17-11-13-24-18-6-2-1-5-16(17)18/h1-2,5-10,17H,3-4,11-13H2,(H3,21,22,23). The summed E-state index contributed by atoms with van der Waals surface area (Å²) in [6.07, 6.45) is 2.81. The number of nitrogens with one attached hydrogen (secondary N) is 1. The largest absolute Gasteiger partial charge is 0.493 e. The third kappa shape index (κ3) is 4.42. The molecule has 1 heterocycles. The van der Waals surface area contributed by atoms with E-state index < -0.39 is 0 Å². The Kier molecular flexibility index (Phi) is 5.59. The fourth-order valence-corrected chi connectivity index (χ4v) is 2.98. The van der Waals surface area contributed by atoms with Gasteiger partial charge in [-0.2, -0.15) is 0 Å². The van der Waals surface area contributed by atoms with E-state index in [1.54, 1.807) is 0 Å². The van der Waals surface area contributed by atoms with Crippen LogP contribution in [0.5, 0.6) is 5.75 Å². The Bertz CT molecular complexity index is 700. The lowest BCUT2D eigenvalue weighted by atomic mass is 10.0. The Hall–Kier alpha value is -2.20. The summed E-state index contributed by atoms with van der Waals surface area (Å²) >= 11 is 5.89. The molecule has 3 N–H and O–H groups in total. The highest BCUT2D eigenvalue weighted by atomic mass is 35.5. The summed E-state index contributed by atoms with van der Waals surface area (Å²) in [5, 5.41) is 4.08. The maximum Gasteiger partial charge on any atom is 0.189 e. The van der Waals surface area contributed by atoms with E-state index in [0.717, 1.165) is 35.6 Å². The number of rotatable bonds is 5. The molecule has 0 amide bonds. The molecule has 0 radical (unpaired) electrons. The van der Waals surface area contributed by atoms with E-state index in [-0.39, 0.29) is 6.04 Å². The fourth-order valence-electron chi connectivity index (χ4n) is 2.85. The number of halogens is 1. The first kappa shape index (κ1) is 16.7. The number of guanidine groups is 1. The Morgan fingerprint density at radius 2 is 2.00 bits per heavy atom. The van der Waals surface area contributed by atoms with Crippen molar-refractivity contribution in [2.24, 2.45) is 10.7 Å². The van der Waals surface area contributed by atoms with Crippen LogP contribution >= 0.6 is 11.6 Å². The molecule has 1 unspecified atom stereocenters. The van der Waals surface area contributed by atoms with Gasteiger partial charge in [-0.3, -0.25) is 4.99 Å². The maximum atomic E-state index is 6.04. The number of hydrogen-bond acceptors (Lipinski definition) is 2. The van der Waals surface area contributed by atoms with E-state index in [9.17, 15) is 0 Å². The van der Waals surface area contributed by atoms with Crippen molar-refractivity contribution in [3.8, 4) is 5.75 Å². The third-order valence-corrected chi connectivity index (χ3v) is 4.35. The smallest absolute Gasteiger partial charge is 0.189 e. The van der Waals surface area contributed by atoms with Crippen LogP contribution < -0.4 is 15.8 Å². The average molecular weight is 344 g/mol. The van der Waals surface area contributed by atoms with Crippen LogP contribution in [-0.4, -0.2) is 19.1 Å². The van der Waals surface area contributed by atoms with Crippen LogP contribution in [0.15, 0.2) is 53.5 Å². The second-order valence-corrected chi connectivity index (χ2v) is 6.31. The first-order valence-corrected chi connectivity index (χ1v) is 8.63. The zero-order valence-corrected chi connectivity index (χ0v) is 14.3. The number of para-hydroxylation sites is 1. The predicted molar refractivity (Wildman–Crippen MR) is 98.7 cm³/mol. The Balaban J connectivity index is 1.49. The molecule has 0 fully saturated rings. The number of hydrogen-bond donors (Lipinski definition) is 2. The first-order chi connectivity index (χ1) is 11.7. The highest BCUT2D eigenvalue weighted by Gasteiger charge is 2.20. The average Bonchev–Trinajstić information content (AvgIpc) is 2.61. The normalized spacial score (nSPS) is 17.0. The molecule has 5 heteroatoms. The summed E-state index contributed by atoms with van der Waals surface area (Å²) in [7, 11) is 0. The molecule has 0 aromatic heterocycles. The summed E-state index contributed by atoms with van der Waals surface area (Å²) in [6, 6.07) is 16.1. The van der Waals surface area contributed by atoms with Crippen LogP contribution in [0.1, 0.15) is 30.0 Å². The SMILES string of the molecule is NC(=NCCCc1ccc(Cl)cc1)NC1CCOc2ccccc21. The summed E-state index contributed by atoms with van der Waals surface area (Å²) < 4.78 is 5.66. The Morgan fingerprint density at radius 1 is 1.21 bits per heavy atom. The molecule has 0 saturated carbocycles. The van der Waals surface area contributed by atoms with Crippen molar-refractivity contribution in [1.82, 2.24) is 5.32 Å². The molecule has 4 nitrogen and oxygen atoms in total. The van der Waals surface area contributed by atoms with Crippen LogP contribution in [0, 0.1) is 0 Å². The lowest BCUT2D eigenvalue weighted by Gasteiger charge is -2.26. The molecule has 24 heavy (non-hydrogen) atoms. The summed E-state index contributed by atoms with van der Waals surface area (Å²) in [5.74, 6) is 1.42. The molecule has 3 rings (SSSR count). The molecule has 2 aromatic carbocycles. The van der Waals surface area contributed by atoms with Gasteiger partial charge < -0.3 is 15.8 Å². The summed E-state index contributed by atoms with van der Waals surface area (Å²) in [6.45, 7) is 1.39. The van der Waals surface area contributed by atoms with Crippen molar-refractivity contribution in [1.29, 1.82) is 0 Å². The van der Waals surface area contributed by atoms with Crippen LogP contribution in [0.2, 0.25) is 5.02 Å². The molecule has 0 bridgehead atoms. The highest BCUT2D eigenvalue weighted by molar-refractivity contribution is 6.30. The van der Waals surface area contributed by atoms with E-state index in [1.807, 2.05) is 42.5 Å². The zero-order valence-electron chi connectivity index (χ0n) is 13.5. The van der Waals surface area contributed by atoms with E-state index >= 15 is 0 Å². The van der Waals surface area contributed by atoms with Crippen molar-refractivity contribution >= 4 is 17.6 Å². The molecule has 1 aliphatic heterocycles. The van der Waals surface area contributed by atoms with Crippen molar-refractivity contribution < 1.29 is 4.74 Å². The molecule has 0 saturated heterocycles. The van der Waals surface area contributed by atoms with E-state index in [1.165, 1.54) is 5.56 Å². The molecule has 0 aliphatic carbocycles. The molecular weight excluding hydrogens is 322 g/mol. The van der Waals surface area contributed by atoms with Crippen molar-refractivity contribution in [3.63, 3.8) is 0 Å². The second kappa shape index (κ2) is 8.06. The number of nitrogens with zero attached hydrogens (tertiary/aromatic N) is 1. The molecule has 2 aromatic rings. The zero-order chi connectivity index (χ0) is 16.8. The van der Waals surface area contributed by atoms with Gasteiger partial charge in [0.1, 0.15) is 5.75 Å². The van der Waals surface area contributed by atoms with Gasteiger partial charge in [0.25, 0.3) is 0 Å². The number of nitrogens with two attached hydrogens (primary N) is 1. The number of aliphatic imine (C=N–C) groups is 1. The van der Waals surface area contributed by atoms with Gasteiger partial charge in [0, 0.05) is 23.6 Å². The van der Waals surface area contributed by atoms with Gasteiger partial charge in [0.05, 0.1) is 12.6 Å². The number of aryl methyl sites for hydroxylation is 1. The van der Waals surface area contributed by atoms with Crippen LogP contribution in [0.25, 0.3) is 0 Å². The maximum absolute atomic E-state index is 6.04.